The summed E-state index contributed by atoms with van der Waals surface area (Å²) < 4.78 is 38.3. The highest BCUT2D eigenvalue weighted by atomic mass is 19.4. The van der Waals surface area contributed by atoms with Gasteiger partial charge >= 0.3 is 6.18 Å². The molecule has 0 saturated carbocycles. The minimum Gasteiger partial charge on any atom is -0.340 e. The third-order valence-corrected chi connectivity index (χ3v) is 5.51. The maximum Gasteiger partial charge on any atom is 0.416 e. The Kier molecular flexibility index (Phi) is 6.72. The largest absolute Gasteiger partial charge is 0.416 e. The maximum absolute atomic E-state index is 13.3. The van der Waals surface area contributed by atoms with E-state index in [0.29, 0.717) is 24.9 Å². The molecule has 1 heterocycles. The van der Waals surface area contributed by atoms with E-state index in [1.54, 1.807) is 11.9 Å². The molecule has 1 atom stereocenters. The molecule has 2 aromatic rings. The van der Waals surface area contributed by atoms with Gasteiger partial charge in [0.1, 0.15) is 6.04 Å². The summed E-state index contributed by atoms with van der Waals surface area (Å²) in [6.45, 7) is 4.47. The van der Waals surface area contributed by atoms with Crippen molar-refractivity contribution in [2.75, 3.05) is 7.05 Å². The van der Waals surface area contributed by atoms with E-state index in [2.05, 4.69) is 0 Å². The van der Waals surface area contributed by atoms with Crippen molar-refractivity contribution < 1.29 is 22.8 Å². The predicted molar refractivity (Wildman–Crippen MR) is 112 cm³/mol. The van der Waals surface area contributed by atoms with Gasteiger partial charge in [0.15, 0.2) is 0 Å². The van der Waals surface area contributed by atoms with E-state index in [4.69, 9.17) is 0 Å². The van der Waals surface area contributed by atoms with Crippen LogP contribution in [0, 0.1) is 5.92 Å². The van der Waals surface area contributed by atoms with E-state index >= 15 is 0 Å². The van der Waals surface area contributed by atoms with Crippen molar-refractivity contribution in [3.05, 3.63) is 70.8 Å². The van der Waals surface area contributed by atoms with Crippen molar-refractivity contribution >= 4 is 11.8 Å². The van der Waals surface area contributed by atoms with Crippen LogP contribution in [0.5, 0.6) is 0 Å². The van der Waals surface area contributed by atoms with Gasteiger partial charge in [0.25, 0.3) is 0 Å². The van der Waals surface area contributed by atoms with Gasteiger partial charge in [0, 0.05) is 33.0 Å². The molecule has 3 rings (SSSR count). The second-order valence-electron chi connectivity index (χ2n) is 8.50. The first-order valence-corrected chi connectivity index (χ1v) is 10.3. The summed E-state index contributed by atoms with van der Waals surface area (Å²) in [6.07, 6.45) is -3.61. The quantitative estimate of drug-likeness (QED) is 0.689. The number of carbonyl (C=O) groups excluding carboxylic acids is 2. The third kappa shape index (κ3) is 5.46. The van der Waals surface area contributed by atoms with E-state index in [9.17, 15) is 22.8 Å². The van der Waals surface area contributed by atoms with Crippen LogP contribution >= 0.6 is 0 Å². The molecule has 2 amide bonds. The molecule has 0 radical (unpaired) electrons. The van der Waals surface area contributed by atoms with Crippen molar-refractivity contribution in [1.29, 1.82) is 0 Å². The first-order valence-electron chi connectivity index (χ1n) is 10.3. The summed E-state index contributed by atoms with van der Waals surface area (Å²) in [6, 6.07) is 11.9. The highest BCUT2D eigenvalue weighted by Crippen LogP contribution is 2.30. The Balaban J connectivity index is 1.78. The number of amides is 2. The normalized spacial score (nSPS) is 16.2. The highest BCUT2D eigenvalue weighted by molar-refractivity contribution is 5.88. The molecular formula is C24H27F3N2O2. The minimum absolute atomic E-state index is 0.0641. The zero-order valence-electron chi connectivity index (χ0n) is 17.9. The SMILES string of the molecule is CC(C)CC(=O)N1Cc2ccccc2CC1C(=O)N(C)Cc1ccc(C(F)(F)F)cc1. The number of carbonyl (C=O) groups is 2. The van der Waals surface area contributed by atoms with Gasteiger partial charge in [0.2, 0.25) is 11.8 Å². The van der Waals surface area contributed by atoms with Crippen LogP contribution in [0.25, 0.3) is 0 Å². The standard InChI is InChI=1S/C24H27F3N2O2/c1-16(2)12-22(30)29-15-19-7-5-4-6-18(19)13-21(29)23(31)28(3)14-17-8-10-20(11-9-17)24(25,26)27/h4-11,16,21H,12-15H2,1-3H3. The molecule has 1 aliphatic rings. The highest BCUT2D eigenvalue weighted by Gasteiger charge is 2.36. The average Bonchev–Trinajstić information content (AvgIpc) is 2.71. The number of rotatable bonds is 5. The summed E-state index contributed by atoms with van der Waals surface area (Å²) in [5.41, 5.74) is 1.95. The lowest BCUT2D eigenvalue weighted by atomic mass is 9.92. The lowest BCUT2D eigenvalue weighted by Gasteiger charge is -2.38. The molecule has 0 aliphatic carbocycles. The van der Waals surface area contributed by atoms with Crippen molar-refractivity contribution in [3.63, 3.8) is 0 Å². The molecule has 4 nitrogen and oxygen atoms in total. The minimum atomic E-state index is -4.40. The van der Waals surface area contributed by atoms with Crippen LogP contribution in [-0.2, 0) is 35.3 Å². The first-order chi connectivity index (χ1) is 14.6. The van der Waals surface area contributed by atoms with Gasteiger partial charge in [-0.25, -0.2) is 0 Å². The molecule has 1 aliphatic heterocycles. The van der Waals surface area contributed by atoms with Gasteiger partial charge in [-0.3, -0.25) is 9.59 Å². The lowest BCUT2D eigenvalue weighted by Crippen LogP contribution is -2.52. The molecule has 1 unspecified atom stereocenters. The van der Waals surface area contributed by atoms with Crippen LogP contribution in [0.3, 0.4) is 0 Å². The molecule has 7 heteroatoms. The summed E-state index contributed by atoms with van der Waals surface area (Å²) in [4.78, 5) is 29.3. The van der Waals surface area contributed by atoms with Crippen LogP contribution in [0.15, 0.2) is 48.5 Å². The second-order valence-corrected chi connectivity index (χ2v) is 8.50. The molecule has 0 N–H and O–H groups in total. The Morgan fingerprint density at radius 1 is 1.06 bits per heavy atom. The fourth-order valence-corrected chi connectivity index (χ4v) is 3.88. The molecule has 0 bridgehead atoms. The number of fused-ring (bicyclic) bond motifs is 1. The summed E-state index contributed by atoms with van der Waals surface area (Å²) >= 11 is 0. The van der Waals surface area contributed by atoms with Crippen molar-refractivity contribution in [1.82, 2.24) is 9.80 Å². The molecule has 166 valence electrons. The van der Waals surface area contributed by atoms with Gasteiger partial charge in [-0.05, 0) is 34.7 Å². The molecule has 31 heavy (non-hydrogen) atoms. The van der Waals surface area contributed by atoms with Crippen molar-refractivity contribution in [3.8, 4) is 0 Å². The van der Waals surface area contributed by atoms with Crippen LogP contribution in [-0.4, -0.2) is 34.7 Å². The van der Waals surface area contributed by atoms with E-state index < -0.39 is 17.8 Å². The van der Waals surface area contributed by atoms with E-state index in [-0.39, 0.29) is 24.3 Å². The van der Waals surface area contributed by atoms with Crippen LogP contribution in [0.1, 0.15) is 42.5 Å². The van der Waals surface area contributed by atoms with E-state index in [1.165, 1.54) is 17.0 Å². The van der Waals surface area contributed by atoms with Crippen LogP contribution in [0.4, 0.5) is 13.2 Å². The van der Waals surface area contributed by atoms with Gasteiger partial charge in [-0.1, -0.05) is 50.2 Å². The molecule has 0 spiro atoms. The van der Waals surface area contributed by atoms with Gasteiger partial charge in [-0.2, -0.15) is 13.2 Å². The third-order valence-electron chi connectivity index (χ3n) is 5.51. The number of nitrogens with zero attached hydrogens (tertiary/aromatic N) is 2. The number of likely N-dealkylation sites (N-methyl/N-ethyl adjacent to an activating group) is 1. The summed E-state index contributed by atoms with van der Waals surface area (Å²) in [5.74, 6) is -0.109. The molecule has 0 aromatic heterocycles. The topological polar surface area (TPSA) is 40.6 Å². The van der Waals surface area contributed by atoms with Gasteiger partial charge in [0.05, 0.1) is 5.56 Å². The predicted octanol–water partition coefficient (Wildman–Crippen LogP) is 4.66. The molecular weight excluding hydrogens is 405 g/mol. The fraction of sp³-hybridized carbons (Fsp3) is 0.417. The Labute approximate surface area is 180 Å². The Bertz CT molecular complexity index is 939. The zero-order valence-corrected chi connectivity index (χ0v) is 17.9. The van der Waals surface area contributed by atoms with Gasteiger partial charge < -0.3 is 9.80 Å². The fourth-order valence-electron chi connectivity index (χ4n) is 3.88. The zero-order chi connectivity index (χ0) is 22.8. The Hall–Kier alpha value is -2.83. The van der Waals surface area contributed by atoms with Gasteiger partial charge in [-0.15, -0.1) is 0 Å². The number of hydrogen-bond donors (Lipinski definition) is 0. The van der Waals surface area contributed by atoms with Crippen LogP contribution < -0.4 is 0 Å². The van der Waals surface area contributed by atoms with Crippen LogP contribution in [0.2, 0.25) is 0 Å². The molecule has 2 aromatic carbocycles. The second kappa shape index (κ2) is 9.12. The summed E-state index contributed by atoms with van der Waals surface area (Å²) in [7, 11) is 1.62. The van der Waals surface area contributed by atoms with E-state index in [1.807, 2.05) is 38.1 Å². The number of halogens is 3. The van der Waals surface area contributed by atoms with Crippen molar-refractivity contribution in [2.24, 2.45) is 5.92 Å². The molecule has 0 saturated heterocycles. The smallest absolute Gasteiger partial charge is 0.340 e. The monoisotopic (exact) mass is 432 g/mol. The Morgan fingerprint density at radius 2 is 1.68 bits per heavy atom. The number of hydrogen-bond acceptors (Lipinski definition) is 2. The Morgan fingerprint density at radius 3 is 2.26 bits per heavy atom. The number of alkyl halides is 3. The maximum atomic E-state index is 13.3. The average molecular weight is 432 g/mol. The lowest BCUT2D eigenvalue weighted by molar-refractivity contribution is -0.147. The number of benzene rings is 2. The van der Waals surface area contributed by atoms with Crippen molar-refractivity contribution in [2.45, 2.75) is 52.0 Å². The molecule has 0 fully saturated rings. The summed E-state index contributed by atoms with van der Waals surface area (Å²) in [5, 5.41) is 0. The first kappa shape index (κ1) is 22.8. The van der Waals surface area contributed by atoms with E-state index in [0.717, 1.165) is 23.3 Å².